The van der Waals surface area contributed by atoms with Gasteiger partial charge in [0.25, 0.3) is 0 Å². The topological polar surface area (TPSA) is 45.1 Å². The highest BCUT2D eigenvalue weighted by atomic mass is 16.3. The molecule has 2 aromatic rings. The van der Waals surface area contributed by atoms with Crippen LogP contribution in [-0.4, -0.2) is 10.1 Å². The van der Waals surface area contributed by atoms with Crippen LogP contribution in [0.2, 0.25) is 0 Å². The van der Waals surface area contributed by atoms with Crippen molar-refractivity contribution in [1.82, 2.24) is 10.3 Å². The summed E-state index contributed by atoms with van der Waals surface area (Å²) < 4.78 is 0. The van der Waals surface area contributed by atoms with Crippen molar-refractivity contribution >= 4 is 0 Å². The number of nitrogens with zero attached hydrogens (tertiary/aromatic N) is 1. The van der Waals surface area contributed by atoms with Crippen molar-refractivity contribution in [2.75, 3.05) is 0 Å². The number of hydrogen-bond donors (Lipinski definition) is 2. The van der Waals surface area contributed by atoms with Crippen molar-refractivity contribution in [3.63, 3.8) is 0 Å². The van der Waals surface area contributed by atoms with Gasteiger partial charge in [-0.1, -0.05) is 17.7 Å². The van der Waals surface area contributed by atoms with Crippen molar-refractivity contribution in [3.8, 4) is 5.75 Å². The SMILES string of the molecule is Cc1ccc(O)c(C(C)N[C@H](C)c2ccncc2)c1. The van der Waals surface area contributed by atoms with Crippen LogP contribution in [0, 0.1) is 6.92 Å². The normalized spacial score (nSPS) is 14.1. The molecule has 100 valence electrons. The lowest BCUT2D eigenvalue weighted by molar-refractivity contribution is 0.438. The third-order valence-electron chi connectivity index (χ3n) is 3.36. The first-order valence-electron chi connectivity index (χ1n) is 6.53. The van der Waals surface area contributed by atoms with Crippen molar-refractivity contribution < 1.29 is 5.11 Å². The Kier molecular flexibility index (Phi) is 4.17. The van der Waals surface area contributed by atoms with Crippen molar-refractivity contribution in [2.24, 2.45) is 0 Å². The number of aryl methyl sites for hydroxylation is 1. The number of hydrogen-bond acceptors (Lipinski definition) is 3. The molecule has 0 saturated carbocycles. The van der Waals surface area contributed by atoms with E-state index < -0.39 is 0 Å². The van der Waals surface area contributed by atoms with Gasteiger partial charge in [0.15, 0.2) is 0 Å². The molecule has 0 aliphatic carbocycles. The molecule has 0 fully saturated rings. The molecule has 19 heavy (non-hydrogen) atoms. The van der Waals surface area contributed by atoms with Crippen molar-refractivity contribution in [2.45, 2.75) is 32.9 Å². The van der Waals surface area contributed by atoms with Gasteiger partial charge in [0, 0.05) is 30.0 Å². The van der Waals surface area contributed by atoms with E-state index in [1.807, 2.05) is 31.2 Å². The van der Waals surface area contributed by atoms with Gasteiger partial charge in [0.1, 0.15) is 5.75 Å². The predicted octanol–water partition coefficient (Wildman–Crippen LogP) is 3.51. The highest BCUT2D eigenvalue weighted by molar-refractivity contribution is 5.37. The lowest BCUT2D eigenvalue weighted by Crippen LogP contribution is -2.22. The summed E-state index contributed by atoms with van der Waals surface area (Å²) in [5.41, 5.74) is 3.27. The Morgan fingerprint density at radius 2 is 1.74 bits per heavy atom. The zero-order chi connectivity index (χ0) is 13.8. The smallest absolute Gasteiger partial charge is 0.120 e. The number of pyridine rings is 1. The quantitative estimate of drug-likeness (QED) is 0.880. The third-order valence-corrected chi connectivity index (χ3v) is 3.36. The van der Waals surface area contributed by atoms with Crippen molar-refractivity contribution in [1.29, 1.82) is 0 Å². The molecule has 3 heteroatoms. The first kappa shape index (κ1) is 13.6. The molecule has 0 spiro atoms. The highest BCUT2D eigenvalue weighted by Gasteiger charge is 2.14. The van der Waals surface area contributed by atoms with Crippen LogP contribution >= 0.6 is 0 Å². The van der Waals surface area contributed by atoms with Crippen LogP contribution in [0.5, 0.6) is 5.75 Å². The summed E-state index contributed by atoms with van der Waals surface area (Å²) in [6.07, 6.45) is 3.59. The molecule has 0 aliphatic rings. The zero-order valence-electron chi connectivity index (χ0n) is 11.6. The van der Waals surface area contributed by atoms with Gasteiger partial charge < -0.3 is 10.4 Å². The molecule has 0 aliphatic heterocycles. The van der Waals surface area contributed by atoms with Gasteiger partial charge in [0.2, 0.25) is 0 Å². The first-order valence-corrected chi connectivity index (χ1v) is 6.53. The van der Waals surface area contributed by atoms with Gasteiger partial charge >= 0.3 is 0 Å². The molecule has 1 heterocycles. The molecule has 3 nitrogen and oxygen atoms in total. The fraction of sp³-hybridized carbons (Fsp3) is 0.312. The van der Waals surface area contributed by atoms with Crippen LogP contribution < -0.4 is 5.32 Å². The van der Waals surface area contributed by atoms with E-state index in [-0.39, 0.29) is 12.1 Å². The number of aromatic nitrogens is 1. The van der Waals surface area contributed by atoms with Crippen LogP contribution in [-0.2, 0) is 0 Å². The van der Waals surface area contributed by atoms with E-state index in [9.17, 15) is 5.11 Å². The summed E-state index contributed by atoms with van der Waals surface area (Å²) in [4.78, 5) is 4.02. The Labute approximate surface area is 114 Å². The average molecular weight is 256 g/mol. The van der Waals surface area contributed by atoms with Gasteiger partial charge in [0.05, 0.1) is 0 Å². The minimum Gasteiger partial charge on any atom is -0.508 e. The molecule has 1 unspecified atom stereocenters. The zero-order valence-corrected chi connectivity index (χ0v) is 11.6. The molecule has 2 atom stereocenters. The maximum Gasteiger partial charge on any atom is 0.120 e. The summed E-state index contributed by atoms with van der Waals surface area (Å²) in [7, 11) is 0. The Balaban J connectivity index is 2.13. The second-order valence-electron chi connectivity index (χ2n) is 4.95. The number of rotatable bonds is 4. The van der Waals surface area contributed by atoms with Gasteiger partial charge in [-0.2, -0.15) is 0 Å². The lowest BCUT2D eigenvalue weighted by Gasteiger charge is -2.21. The Morgan fingerprint density at radius 3 is 2.42 bits per heavy atom. The molecular weight excluding hydrogens is 236 g/mol. The molecule has 1 aromatic carbocycles. The van der Waals surface area contributed by atoms with Gasteiger partial charge in [-0.15, -0.1) is 0 Å². The van der Waals surface area contributed by atoms with E-state index in [1.54, 1.807) is 18.5 Å². The molecular formula is C16H20N2O. The molecule has 0 amide bonds. The van der Waals surface area contributed by atoms with Gasteiger partial charge in [-0.25, -0.2) is 0 Å². The number of aromatic hydroxyl groups is 1. The molecule has 2 N–H and O–H groups in total. The van der Waals surface area contributed by atoms with E-state index in [1.165, 1.54) is 5.56 Å². The van der Waals surface area contributed by atoms with E-state index in [0.717, 1.165) is 11.1 Å². The Hall–Kier alpha value is -1.87. The highest BCUT2D eigenvalue weighted by Crippen LogP contribution is 2.27. The summed E-state index contributed by atoms with van der Waals surface area (Å²) in [5.74, 6) is 0.340. The minimum atomic E-state index is 0.0862. The average Bonchev–Trinajstić information content (AvgIpc) is 2.42. The number of phenolic OH excluding ortho intramolecular Hbond substituents is 1. The number of nitrogens with one attached hydrogen (secondary N) is 1. The molecule has 0 radical (unpaired) electrons. The van der Waals surface area contributed by atoms with Crippen LogP contribution in [0.25, 0.3) is 0 Å². The lowest BCUT2D eigenvalue weighted by atomic mass is 10.0. The largest absolute Gasteiger partial charge is 0.508 e. The fourth-order valence-electron chi connectivity index (χ4n) is 2.23. The third kappa shape index (κ3) is 3.32. The van der Waals surface area contributed by atoms with Crippen LogP contribution in [0.4, 0.5) is 0 Å². The standard InChI is InChI=1S/C16H20N2O/c1-11-4-5-16(19)15(10-11)13(3)18-12(2)14-6-8-17-9-7-14/h4-10,12-13,18-19H,1-3H3/t12-,13?/m1/s1. The molecule has 1 aromatic heterocycles. The van der Waals surface area contributed by atoms with Crippen LogP contribution in [0.3, 0.4) is 0 Å². The predicted molar refractivity (Wildman–Crippen MR) is 77.0 cm³/mol. The number of phenols is 1. The number of benzene rings is 1. The summed E-state index contributed by atoms with van der Waals surface area (Å²) >= 11 is 0. The Bertz CT molecular complexity index is 540. The second kappa shape index (κ2) is 5.85. The van der Waals surface area contributed by atoms with E-state index in [0.29, 0.717) is 5.75 Å². The second-order valence-corrected chi connectivity index (χ2v) is 4.95. The van der Waals surface area contributed by atoms with Gasteiger partial charge in [-0.3, -0.25) is 4.98 Å². The van der Waals surface area contributed by atoms with Crippen molar-refractivity contribution in [3.05, 3.63) is 59.4 Å². The van der Waals surface area contributed by atoms with E-state index in [4.69, 9.17) is 0 Å². The van der Waals surface area contributed by atoms with E-state index >= 15 is 0 Å². The summed E-state index contributed by atoms with van der Waals surface area (Å²) in [5, 5.41) is 13.4. The van der Waals surface area contributed by atoms with Gasteiger partial charge in [-0.05, 0) is 44.5 Å². The Morgan fingerprint density at radius 1 is 1.05 bits per heavy atom. The maximum absolute atomic E-state index is 9.94. The van der Waals surface area contributed by atoms with Crippen LogP contribution in [0.1, 0.15) is 42.6 Å². The van der Waals surface area contributed by atoms with E-state index in [2.05, 4.69) is 24.1 Å². The molecule has 0 saturated heterocycles. The maximum atomic E-state index is 9.94. The minimum absolute atomic E-state index is 0.0862. The monoisotopic (exact) mass is 256 g/mol. The van der Waals surface area contributed by atoms with Crippen LogP contribution in [0.15, 0.2) is 42.7 Å². The summed E-state index contributed by atoms with van der Waals surface area (Å²) in [6.45, 7) is 6.20. The molecule has 2 rings (SSSR count). The summed E-state index contributed by atoms with van der Waals surface area (Å²) in [6, 6.07) is 9.98. The first-order chi connectivity index (χ1) is 9.08. The molecule has 0 bridgehead atoms. The fourth-order valence-corrected chi connectivity index (χ4v) is 2.23.